The van der Waals surface area contributed by atoms with E-state index in [1.165, 1.54) is 7.11 Å². The standard InChI is InChI=1S/C11H14F2N2O5/c1-19-5-11(13)8(17)6(4-12)9(20-11)15-3-2-7(16)14-10(15)18/h2-3,6,8-9,17H,4-5H2,1H3,(H,14,16,18). The molecule has 9 heteroatoms. The zero-order chi connectivity index (χ0) is 14.9. The molecule has 112 valence electrons. The van der Waals surface area contributed by atoms with E-state index in [9.17, 15) is 23.5 Å². The highest BCUT2D eigenvalue weighted by atomic mass is 19.2. The number of ether oxygens (including phenoxy) is 2. The normalized spacial score (nSPS) is 33.5. The van der Waals surface area contributed by atoms with E-state index in [1.54, 1.807) is 0 Å². The van der Waals surface area contributed by atoms with Gasteiger partial charge in [-0.3, -0.25) is 18.7 Å². The molecule has 0 aromatic carbocycles. The van der Waals surface area contributed by atoms with Gasteiger partial charge in [-0.2, -0.15) is 0 Å². The van der Waals surface area contributed by atoms with Crippen molar-refractivity contribution >= 4 is 0 Å². The SMILES string of the molecule is COCC1(F)OC(n2ccc(=O)[nH]c2=O)C(CF)C1O. The first kappa shape index (κ1) is 14.8. The third-order valence-electron chi connectivity index (χ3n) is 3.17. The highest BCUT2D eigenvalue weighted by Crippen LogP contribution is 2.42. The van der Waals surface area contributed by atoms with Gasteiger partial charge in [0.1, 0.15) is 18.9 Å². The molecule has 1 aliphatic heterocycles. The lowest BCUT2D eigenvalue weighted by atomic mass is 10.00. The first-order valence-electron chi connectivity index (χ1n) is 5.84. The Labute approximate surface area is 111 Å². The number of hydrogen-bond donors (Lipinski definition) is 2. The van der Waals surface area contributed by atoms with Gasteiger partial charge in [-0.15, -0.1) is 0 Å². The van der Waals surface area contributed by atoms with Crippen molar-refractivity contribution in [2.24, 2.45) is 5.92 Å². The first-order chi connectivity index (χ1) is 9.42. The molecular formula is C11H14F2N2O5. The smallest absolute Gasteiger partial charge is 0.330 e. The van der Waals surface area contributed by atoms with E-state index < -0.39 is 48.6 Å². The van der Waals surface area contributed by atoms with Crippen LogP contribution in [-0.4, -0.2) is 47.0 Å². The zero-order valence-electron chi connectivity index (χ0n) is 10.6. The molecule has 4 atom stereocenters. The van der Waals surface area contributed by atoms with Crippen molar-refractivity contribution in [3.05, 3.63) is 33.1 Å². The molecule has 20 heavy (non-hydrogen) atoms. The molecule has 0 spiro atoms. The Hall–Kier alpha value is -1.58. The lowest BCUT2D eigenvalue weighted by Gasteiger charge is -2.22. The predicted molar refractivity (Wildman–Crippen MR) is 62.6 cm³/mol. The Kier molecular flexibility index (Phi) is 4.02. The second kappa shape index (κ2) is 5.43. The monoisotopic (exact) mass is 292 g/mol. The van der Waals surface area contributed by atoms with E-state index in [4.69, 9.17) is 4.74 Å². The van der Waals surface area contributed by atoms with Crippen molar-refractivity contribution in [3.8, 4) is 0 Å². The molecule has 4 unspecified atom stereocenters. The van der Waals surface area contributed by atoms with Crippen molar-refractivity contribution in [2.75, 3.05) is 20.4 Å². The van der Waals surface area contributed by atoms with Crippen LogP contribution in [0.25, 0.3) is 0 Å². The highest BCUT2D eigenvalue weighted by Gasteiger charge is 2.56. The highest BCUT2D eigenvalue weighted by molar-refractivity contribution is 4.96. The zero-order valence-corrected chi connectivity index (χ0v) is 10.6. The minimum absolute atomic E-state index is 0.612. The van der Waals surface area contributed by atoms with Gasteiger partial charge >= 0.3 is 5.69 Å². The van der Waals surface area contributed by atoms with Crippen LogP contribution in [0, 0.1) is 5.92 Å². The summed E-state index contributed by atoms with van der Waals surface area (Å²) in [5.41, 5.74) is -1.53. The molecule has 1 fully saturated rings. The van der Waals surface area contributed by atoms with Crippen molar-refractivity contribution in [2.45, 2.75) is 18.2 Å². The fraction of sp³-hybridized carbons (Fsp3) is 0.636. The van der Waals surface area contributed by atoms with Gasteiger partial charge in [0.15, 0.2) is 0 Å². The van der Waals surface area contributed by atoms with E-state index in [0.29, 0.717) is 0 Å². The summed E-state index contributed by atoms with van der Waals surface area (Å²) in [6.45, 7) is -1.72. The quantitative estimate of drug-likeness (QED) is 0.767. The summed E-state index contributed by atoms with van der Waals surface area (Å²) in [6.07, 6.45) is -2.12. The molecule has 1 aromatic heterocycles. The maximum Gasteiger partial charge on any atom is 0.330 e. The largest absolute Gasteiger partial charge is 0.386 e. The van der Waals surface area contributed by atoms with Crippen LogP contribution < -0.4 is 11.2 Å². The third-order valence-corrected chi connectivity index (χ3v) is 3.17. The number of rotatable bonds is 4. The van der Waals surface area contributed by atoms with Crippen LogP contribution in [0.4, 0.5) is 8.78 Å². The molecule has 1 aromatic rings. The first-order valence-corrected chi connectivity index (χ1v) is 5.84. The van der Waals surface area contributed by atoms with Crippen LogP contribution in [0.1, 0.15) is 6.23 Å². The molecule has 2 N–H and O–H groups in total. The molecule has 7 nitrogen and oxygen atoms in total. The number of alkyl halides is 2. The number of halogens is 2. The molecular weight excluding hydrogens is 278 g/mol. The number of aromatic amines is 1. The minimum atomic E-state index is -2.62. The second-order valence-corrected chi connectivity index (χ2v) is 4.51. The predicted octanol–water partition coefficient (Wildman–Crippen LogP) is -0.676. The lowest BCUT2D eigenvalue weighted by Crippen LogP contribution is -2.41. The molecule has 0 saturated carbocycles. The summed E-state index contributed by atoms with van der Waals surface area (Å²) in [5.74, 6) is -3.91. The fourth-order valence-electron chi connectivity index (χ4n) is 2.20. The Balaban J connectivity index is 2.40. The number of nitrogens with one attached hydrogen (secondary N) is 1. The van der Waals surface area contributed by atoms with Gasteiger partial charge < -0.3 is 14.6 Å². The van der Waals surface area contributed by atoms with Crippen molar-refractivity contribution in [1.29, 1.82) is 0 Å². The number of methoxy groups -OCH3 is 1. The van der Waals surface area contributed by atoms with Crippen molar-refractivity contribution in [3.63, 3.8) is 0 Å². The Bertz CT molecular complexity index is 589. The molecule has 1 aliphatic rings. The van der Waals surface area contributed by atoms with Crippen LogP contribution in [-0.2, 0) is 9.47 Å². The van der Waals surface area contributed by atoms with Gasteiger partial charge in [-0.05, 0) is 0 Å². The summed E-state index contributed by atoms with van der Waals surface area (Å²) < 4.78 is 37.8. The Morgan fingerprint density at radius 3 is 2.85 bits per heavy atom. The minimum Gasteiger partial charge on any atom is -0.386 e. The van der Waals surface area contributed by atoms with E-state index in [2.05, 4.69) is 4.74 Å². The average molecular weight is 292 g/mol. The van der Waals surface area contributed by atoms with Crippen molar-refractivity contribution in [1.82, 2.24) is 9.55 Å². The number of aromatic nitrogens is 2. The Morgan fingerprint density at radius 2 is 2.30 bits per heavy atom. The molecule has 2 heterocycles. The van der Waals surface area contributed by atoms with Crippen LogP contribution >= 0.6 is 0 Å². The van der Waals surface area contributed by atoms with Gasteiger partial charge in [-0.25, -0.2) is 9.18 Å². The molecule has 0 radical (unpaired) electrons. The molecule has 1 saturated heterocycles. The molecule has 0 amide bonds. The molecule has 0 bridgehead atoms. The Morgan fingerprint density at radius 1 is 1.60 bits per heavy atom. The van der Waals surface area contributed by atoms with E-state index >= 15 is 0 Å². The summed E-state index contributed by atoms with van der Waals surface area (Å²) in [7, 11) is 1.20. The summed E-state index contributed by atoms with van der Waals surface area (Å²) in [5, 5.41) is 9.81. The van der Waals surface area contributed by atoms with E-state index in [-0.39, 0.29) is 0 Å². The van der Waals surface area contributed by atoms with Gasteiger partial charge in [0.05, 0.1) is 12.6 Å². The van der Waals surface area contributed by atoms with Gasteiger partial charge in [0, 0.05) is 19.4 Å². The van der Waals surface area contributed by atoms with E-state index in [1.807, 2.05) is 4.98 Å². The van der Waals surface area contributed by atoms with Gasteiger partial charge in [0.2, 0.25) is 0 Å². The number of aliphatic hydroxyl groups excluding tert-OH is 1. The lowest BCUT2D eigenvalue weighted by molar-refractivity contribution is -0.211. The number of nitrogens with zero attached hydrogens (tertiary/aromatic N) is 1. The second-order valence-electron chi connectivity index (χ2n) is 4.51. The summed E-state index contributed by atoms with van der Waals surface area (Å²) >= 11 is 0. The van der Waals surface area contributed by atoms with Crippen LogP contribution in [0.15, 0.2) is 21.9 Å². The topological polar surface area (TPSA) is 93.5 Å². The molecule has 2 rings (SSSR count). The van der Waals surface area contributed by atoms with Crippen molar-refractivity contribution < 1.29 is 23.4 Å². The van der Waals surface area contributed by atoms with Crippen LogP contribution in [0.5, 0.6) is 0 Å². The number of aliphatic hydroxyl groups is 1. The van der Waals surface area contributed by atoms with Gasteiger partial charge in [-0.1, -0.05) is 0 Å². The summed E-state index contributed by atoms with van der Waals surface area (Å²) in [6, 6.07) is 1.01. The van der Waals surface area contributed by atoms with Crippen LogP contribution in [0.2, 0.25) is 0 Å². The fourth-order valence-corrected chi connectivity index (χ4v) is 2.20. The molecule has 0 aliphatic carbocycles. The average Bonchev–Trinajstić information content (AvgIpc) is 2.62. The maximum atomic E-state index is 14.3. The van der Waals surface area contributed by atoms with E-state index in [0.717, 1.165) is 16.8 Å². The third kappa shape index (κ3) is 2.39. The van der Waals surface area contributed by atoms with Gasteiger partial charge in [0.25, 0.3) is 11.4 Å². The maximum absolute atomic E-state index is 14.3. The number of hydrogen-bond acceptors (Lipinski definition) is 5. The van der Waals surface area contributed by atoms with Crippen LogP contribution in [0.3, 0.4) is 0 Å². The summed E-state index contributed by atoms with van der Waals surface area (Å²) in [4.78, 5) is 24.6. The number of H-pyrrole nitrogens is 1.